The molecule has 1 aromatic heterocycles. The van der Waals surface area contributed by atoms with Crippen LogP contribution in [-0.2, 0) is 4.79 Å². The van der Waals surface area contributed by atoms with E-state index in [2.05, 4.69) is 15.6 Å². The van der Waals surface area contributed by atoms with Gasteiger partial charge in [0.05, 0.1) is 27.6 Å². The number of hydrogen-bond acceptors (Lipinski definition) is 3. The summed E-state index contributed by atoms with van der Waals surface area (Å²) >= 11 is 12.0. The number of benzene rings is 1. The summed E-state index contributed by atoms with van der Waals surface area (Å²) in [6, 6.07) is 8.79. The highest BCUT2D eigenvalue weighted by Crippen LogP contribution is 2.31. The SMILES string of the molecule is CC(=O)Nc1ccc(Nc2cccc(Cl)c2Cl)nc1. The summed E-state index contributed by atoms with van der Waals surface area (Å²) in [7, 11) is 0. The van der Waals surface area contributed by atoms with E-state index in [1.54, 1.807) is 36.5 Å². The van der Waals surface area contributed by atoms with Crippen LogP contribution in [0.1, 0.15) is 6.92 Å². The van der Waals surface area contributed by atoms with Gasteiger partial charge in [-0.05, 0) is 24.3 Å². The summed E-state index contributed by atoms with van der Waals surface area (Å²) in [5.74, 6) is 0.471. The van der Waals surface area contributed by atoms with E-state index in [0.717, 1.165) is 0 Å². The number of anilines is 3. The maximum atomic E-state index is 10.9. The molecular formula is C13H11Cl2N3O. The molecule has 6 heteroatoms. The Bertz CT molecular complexity index is 599. The van der Waals surface area contributed by atoms with Crippen LogP contribution in [0.4, 0.5) is 17.2 Å². The largest absolute Gasteiger partial charge is 0.339 e. The number of halogens is 2. The summed E-state index contributed by atoms with van der Waals surface area (Å²) in [6.45, 7) is 1.44. The average Bonchev–Trinajstić information content (AvgIpc) is 2.37. The van der Waals surface area contributed by atoms with Gasteiger partial charge in [0.1, 0.15) is 5.82 Å². The van der Waals surface area contributed by atoms with E-state index in [0.29, 0.717) is 27.2 Å². The normalized spacial score (nSPS) is 10.1. The zero-order valence-corrected chi connectivity index (χ0v) is 11.6. The van der Waals surface area contributed by atoms with Crippen LogP contribution in [-0.4, -0.2) is 10.9 Å². The Labute approximate surface area is 120 Å². The number of hydrogen-bond donors (Lipinski definition) is 2. The van der Waals surface area contributed by atoms with Crippen LogP contribution in [0.5, 0.6) is 0 Å². The van der Waals surface area contributed by atoms with Gasteiger partial charge in [0.25, 0.3) is 0 Å². The maximum absolute atomic E-state index is 10.9. The van der Waals surface area contributed by atoms with Crippen molar-refractivity contribution >= 4 is 46.3 Å². The highest BCUT2D eigenvalue weighted by molar-refractivity contribution is 6.43. The first-order valence-electron chi connectivity index (χ1n) is 5.51. The highest BCUT2D eigenvalue weighted by atomic mass is 35.5. The summed E-state index contributed by atoms with van der Waals surface area (Å²) in [4.78, 5) is 15.1. The second-order valence-corrected chi connectivity index (χ2v) is 4.62. The number of aromatic nitrogens is 1. The summed E-state index contributed by atoms with van der Waals surface area (Å²) in [6.07, 6.45) is 1.56. The van der Waals surface area contributed by atoms with Gasteiger partial charge in [-0.1, -0.05) is 29.3 Å². The fraction of sp³-hybridized carbons (Fsp3) is 0.0769. The standard InChI is InChI=1S/C13H11Cl2N3O/c1-8(19)17-9-5-6-12(16-7-9)18-11-4-2-3-10(14)13(11)15/h2-7H,1H3,(H,16,18)(H,17,19). The van der Waals surface area contributed by atoms with Crippen LogP contribution in [0.15, 0.2) is 36.5 Å². The molecule has 0 radical (unpaired) electrons. The lowest BCUT2D eigenvalue weighted by Gasteiger charge is -2.09. The molecule has 0 spiro atoms. The van der Waals surface area contributed by atoms with Crippen LogP contribution in [0.3, 0.4) is 0 Å². The number of nitrogens with zero attached hydrogens (tertiary/aromatic N) is 1. The zero-order chi connectivity index (χ0) is 13.8. The van der Waals surface area contributed by atoms with E-state index < -0.39 is 0 Å². The fourth-order valence-electron chi connectivity index (χ4n) is 1.48. The van der Waals surface area contributed by atoms with Gasteiger partial charge < -0.3 is 10.6 Å². The number of carbonyl (C=O) groups is 1. The van der Waals surface area contributed by atoms with Crippen LogP contribution < -0.4 is 10.6 Å². The number of rotatable bonds is 3. The van der Waals surface area contributed by atoms with Crippen molar-refractivity contribution in [2.75, 3.05) is 10.6 Å². The van der Waals surface area contributed by atoms with Gasteiger partial charge in [-0.3, -0.25) is 4.79 Å². The molecule has 0 saturated carbocycles. The molecular weight excluding hydrogens is 285 g/mol. The van der Waals surface area contributed by atoms with E-state index in [1.165, 1.54) is 6.92 Å². The van der Waals surface area contributed by atoms with Crippen LogP contribution in [0.25, 0.3) is 0 Å². The summed E-state index contributed by atoms with van der Waals surface area (Å²) in [5.41, 5.74) is 1.31. The Kier molecular flexibility index (Phi) is 4.24. The minimum absolute atomic E-state index is 0.139. The number of pyridine rings is 1. The fourth-order valence-corrected chi connectivity index (χ4v) is 1.83. The second-order valence-electron chi connectivity index (χ2n) is 3.84. The number of carbonyl (C=O) groups excluding carboxylic acids is 1. The van der Waals surface area contributed by atoms with Crippen LogP contribution in [0.2, 0.25) is 10.0 Å². The Hall–Kier alpha value is -1.78. The van der Waals surface area contributed by atoms with Crippen LogP contribution in [0, 0.1) is 0 Å². The third kappa shape index (κ3) is 3.59. The highest BCUT2D eigenvalue weighted by Gasteiger charge is 2.05. The Morgan fingerprint density at radius 1 is 1.21 bits per heavy atom. The molecule has 0 unspecified atom stereocenters. The predicted molar refractivity (Wildman–Crippen MR) is 78.3 cm³/mol. The molecule has 2 rings (SSSR count). The molecule has 0 saturated heterocycles. The van der Waals surface area contributed by atoms with Gasteiger partial charge in [-0.15, -0.1) is 0 Å². The van der Waals surface area contributed by atoms with E-state index in [4.69, 9.17) is 23.2 Å². The molecule has 2 aromatic rings. The minimum atomic E-state index is -0.139. The smallest absolute Gasteiger partial charge is 0.221 e. The van der Waals surface area contributed by atoms with Crippen molar-refractivity contribution in [1.82, 2.24) is 4.98 Å². The van der Waals surface area contributed by atoms with Gasteiger partial charge >= 0.3 is 0 Å². The number of amides is 1. The lowest BCUT2D eigenvalue weighted by molar-refractivity contribution is -0.114. The monoisotopic (exact) mass is 295 g/mol. The Morgan fingerprint density at radius 3 is 2.63 bits per heavy atom. The van der Waals surface area contributed by atoms with Crippen molar-refractivity contribution in [2.45, 2.75) is 6.92 Å². The minimum Gasteiger partial charge on any atom is -0.339 e. The number of nitrogens with one attached hydrogen (secondary N) is 2. The predicted octanol–water partition coefficient (Wildman–Crippen LogP) is 4.09. The van der Waals surface area contributed by atoms with Gasteiger partial charge in [0, 0.05) is 6.92 Å². The molecule has 98 valence electrons. The lowest BCUT2D eigenvalue weighted by atomic mass is 10.3. The molecule has 4 nitrogen and oxygen atoms in total. The first-order valence-corrected chi connectivity index (χ1v) is 6.26. The lowest BCUT2D eigenvalue weighted by Crippen LogP contribution is -2.06. The van der Waals surface area contributed by atoms with Gasteiger partial charge in [0.15, 0.2) is 0 Å². The van der Waals surface area contributed by atoms with E-state index in [1.807, 2.05) is 0 Å². The average molecular weight is 296 g/mol. The van der Waals surface area contributed by atoms with Gasteiger partial charge in [0.2, 0.25) is 5.91 Å². The van der Waals surface area contributed by atoms with Crippen molar-refractivity contribution in [3.63, 3.8) is 0 Å². The second kappa shape index (κ2) is 5.91. The van der Waals surface area contributed by atoms with E-state index in [9.17, 15) is 4.79 Å². The maximum Gasteiger partial charge on any atom is 0.221 e. The third-order valence-corrected chi connectivity index (χ3v) is 3.12. The van der Waals surface area contributed by atoms with E-state index in [-0.39, 0.29) is 5.91 Å². The molecule has 1 amide bonds. The van der Waals surface area contributed by atoms with Crippen molar-refractivity contribution in [1.29, 1.82) is 0 Å². The molecule has 1 heterocycles. The zero-order valence-electron chi connectivity index (χ0n) is 10.1. The molecule has 0 aliphatic rings. The molecule has 0 aliphatic carbocycles. The molecule has 0 fully saturated rings. The van der Waals surface area contributed by atoms with Gasteiger partial charge in [-0.25, -0.2) is 4.98 Å². The third-order valence-electron chi connectivity index (χ3n) is 2.30. The first kappa shape index (κ1) is 13.6. The topological polar surface area (TPSA) is 54.0 Å². The molecule has 19 heavy (non-hydrogen) atoms. The molecule has 0 aliphatic heterocycles. The molecule has 2 N–H and O–H groups in total. The summed E-state index contributed by atoms with van der Waals surface area (Å²) < 4.78 is 0. The van der Waals surface area contributed by atoms with Crippen LogP contribution >= 0.6 is 23.2 Å². The Morgan fingerprint density at radius 2 is 2.00 bits per heavy atom. The first-order chi connectivity index (χ1) is 9.06. The molecule has 0 bridgehead atoms. The molecule has 1 aromatic carbocycles. The van der Waals surface area contributed by atoms with Crippen molar-refractivity contribution in [3.05, 3.63) is 46.6 Å². The molecule has 0 atom stereocenters. The van der Waals surface area contributed by atoms with Gasteiger partial charge in [-0.2, -0.15) is 0 Å². The summed E-state index contributed by atoms with van der Waals surface area (Å²) in [5, 5.41) is 6.61. The van der Waals surface area contributed by atoms with Crippen molar-refractivity contribution in [3.8, 4) is 0 Å². The van der Waals surface area contributed by atoms with Crippen molar-refractivity contribution in [2.24, 2.45) is 0 Å². The Balaban J connectivity index is 2.15. The van der Waals surface area contributed by atoms with Crippen molar-refractivity contribution < 1.29 is 4.79 Å². The van der Waals surface area contributed by atoms with E-state index >= 15 is 0 Å². The quantitative estimate of drug-likeness (QED) is 0.897.